The second kappa shape index (κ2) is 9.36. The fraction of sp³-hybridized carbons (Fsp3) is 0.174. The van der Waals surface area contributed by atoms with Gasteiger partial charge in [0.2, 0.25) is 10.0 Å². The molecule has 3 rings (SSSR count). The van der Waals surface area contributed by atoms with Gasteiger partial charge in [-0.2, -0.15) is 0 Å². The van der Waals surface area contributed by atoms with Crippen LogP contribution in [0.2, 0.25) is 0 Å². The zero-order chi connectivity index (χ0) is 21.7. The van der Waals surface area contributed by atoms with Crippen molar-refractivity contribution in [2.24, 2.45) is 0 Å². The van der Waals surface area contributed by atoms with Crippen LogP contribution in [0.3, 0.4) is 0 Å². The summed E-state index contributed by atoms with van der Waals surface area (Å²) < 4.78 is 26.1. The Labute approximate surface area is 182 Å². The predicted molar refractivity (Wildman–Crippen MR) is 125 cm³/mol. The van der Waals surface area contributed by atoms with Crippen LogP contribution in [0.15, 0.2) is 77.7 Å². The molecule has 0 saturated carbocycles. The maximum absolute atomic E-state index is 12.6. The van der Waals surface area contributed by atoms with Gasteiger partial charge in [-0.1, -0.05) is 36.4 Å². The molecule has 0 aliphatic carbocycles. The summed E-state index contributed by atoms with van der Waals surface area (Å²) in [5.74, 6) is -0.207. The van der Waals surface area contributed by atoms with Crippen LogP contribution < -0.4 is 9.62 Å². The number of hydrogen-bond donors (Lipinski definition) is 1. The molecule has 3 aromatic rings. The van der Waals surface area contributed by atoms with Crippen molar-refractivity contribution >= 4 is 39.1 Å². The monoisotopic (exact) mass is 440 g/mol. The molecule has 0 fully saturated rings. The van der Waals surface area contributed by atoms with Gasteiger partial charge in [0.25, 0.3) is 5.91 Å². The van der Waals surface area contributed by atoms with E-state index in [1.54, 1.807) is 42.1 Å². The van der Waals surface area contributed by atoms with Crippen molar-refractivity contribution in [3.05, 3.63) is 89.5 Å². The first-order valence-electron chi connectivity index (χ1n) is 9.35. The summed E-state index contributed by atoms with van der Waals surface area (Å²) in [6, 6.07) is 22.0. The molecule has 156 valence electrons. The van der Waals surface area contributed by atoms with Crippen molar-refractivity contribution in [2.45, 2.75) is 18.4 Å². The molecule has 30 heavy (non-hydrogen) atoms. The number of hydrogen-bond acceptors (Lipinski definition) is 4. The van der Waals surface area contributed by atoms with Crippen molar-refractivity contribution in [1.82, 2.24) is 0 Å². The highest BCUT2D eigenvalue weighted by Crippen LogP contribution is 2.25. The Morgan fingerprint density at radius 1 is 1.00 bits per heavy atom. The molecule has 0 spiro atoms. The number of anilines is 2. The third kappa shape index (κ3) is 5.43. The molecular weight excluding hydrogens is 416 g/mol. The van der Waals surface area contributed by atoms with Crippen molar-refractivity contribution in [2.75, 3.05) is 22.1 Å². The third-order valence-corrected chi connectivity index (χ3v) is 6.52. The van der Waals surface area contributed by atoms with E-state index in [9.17, 15) is 13.2 Å². The quantitative estimate of drug-likeness (QED) is 0.529. The molecule has 1 N–H and O–H groups in total. The van der Waals surface area contributed by atoms with Crippen LogP contribution in [-0.4, -0.2) is 26.8 Å². The number of aryl methyl sites for hydroxylation is 1. The minimum absolute atomic E-state index is 0.194. The van der Waals surface area contributed by atoms with Crippen molar-refractivity contribution < 1.29 is 13.2 Å². The Hall–Kier alpha value is -2.77. The summed E-state index contributed by atoms with van der Waals surface area (Å²) in [4.78, 5) is 13.6. The van der Waals surface area contributed by atoms with E-state index in [-0.39, 0.29) is 12.5 Å². The van der Waals surface area contributed by atoms with Gasteiger partial charge >= 0.3 is 0 Å². The lowest BCUT2D eigenvalue weighted by molar-refractivity contribution is 0.102. The number of para-hydroxylation sites is 1. The maximum Gasteiger partial charge on any atom is 0.255 e. The number of amides is 1. The lowest BCUT2D eigenvalue weighted by Crippen LogP contribution is -2.29. The average molecular weight is 441 g/mol. The molecule has 3 aromatic carbocycles. The largest absolute Gasteiger partial charge is 0.321 e. The molecule has 0 heterocycles. The Morgan fingerprint density at radius 3 is 2.33 bits per heavy atom. The normalized spacial score (nSPS) is 11.2. The predicted octanol–water partition coefficient (Wildman–Crippen LogP) is 4.94. The molecule has 0 bridgehead atoms. The number of thioether (sulfide) groups is 1. The Balaban J connectivity index is 1.78. The number of nitrogens with one attached hydrogen (secondary N) is 1. The number of rotatable bonds is 7. The first kappa shape index (κ1) is 21.9. The maximum atomic E-state index is 12.6. The van der Waals surface area contributed by atoms with Crippen LogP contribution >= 0.6 is 11.8 Å². The molecular formula is C23H24N2O3S2. The smallest absolute Gasteiger partial charge is 0.255 e. The first-order valence-corrected chi connectivity index (χ1v) is 12.4. The summed E-state index contributed by atoms with van der Waals surface area (Å²) in [5, 5.41) is 2.93. The number of nitrogens with zero attached hydrogens (tertiary/aromatic N) is 1. The fourth-order valence-corrected chi connectivity index (χ4v) is 4.49. The zero-order valence-electron chi connectivity index (χ0n) is 17.1. The van der Waals surface area contributed by atoms with Gasteiger partial charge < -0.3 is 5.32 Å². The highest BCUT2D eigenvalue weighted by molar-refractivity contribution is 7.98. The van der Waals surface area contributed by atoms with Gasteiger partial charge in [-0.3, -0.25) is 9.10 Å². The van der Waals surface area contributed by atoms with Gasteiger partial charge in [0.05, 0.1) is 24.2 Å². The van der Waals surface area contributed by atoms with Crippen LogP contribution in [0.25, 0.3) is 0 Å². The standard InChI is InChI=1S/C23H24N2O3S2/c1-17-7-6-8-20(15-17)25(30(3,27)28)16-18-11-13-19(14-12-18)23(26)24-21-9-4-5-10-22(21)29-2/h4-15H,16H2,1-3H3,(H,24,26). The minimum Gasteiger partial charge on any atom is -0.321 e. The van der Waals surface area contributed by atoms with Crippen molar-refractivity contribution in [3.8, 4) is 0 Å². The summed E-state index contributed by atoms with van der Waals surface area (Å²) in [6.07, 6.45) is 3.15. The van der Waals surface area contributed by atoms with Crippen LogP contribution in [0.1, 0.15) is 21.5 Å². The fourth-order valence-electron chi connectivity index (χ4n) is 3.05. The zero-order valence-corrected chi connectivity index (χ0v) is 18.8. The molecule has 0 unspecified atom stereocenters. The third-order valence-electron chi connectivity index (χ3n) is 4.59. The number of carbonyl (C=O) groups is 1. The van der Waals surface area contributed by atoms with Crippen LogP contribution in [-0.2, 0) is 16.6 Å². The van der Waals surface area contributed by atoms with Gasteiger partial charge in [-0.05, 0) is 60.7 Å². The molecule has 0 radical (unpaired) electrons. The second-order valence-corrected chi connectivity index (χ2v) is 9.71. The molecule has 0 saturated heterocycles. The van der Waals surface area contributed by atoms with E-state index in [0.717, 1.165) is 21.7 Å². The lowest BCUT2D eigenvalue weighted by atomic mass is 10.1. The molecule has 0 aliphatic heterocycles. The van der Waals surface area contributed by atoms with Gasteiger partial charge in [0, 0.05) is 10.5 Å². The molecule has 7 heteroatoms. The Morgan fingerprint density at radius 2 is 1.70 bits per heavy atom. The lowest BCUT2D eigenvalue weighted by Gasteiger charge is -2.23. The number of sulfonamides is 1. The van der Waals surface area contributed by atoms with Gasteiger partial charge in [0.15, 0.2) is 0 Å². The number of carbonyl (C=O) groups excluding carboxylic acids is 1. The molecule has 0 aromatic heterocycles. The van der Waals surface area contributed by atoms with Crippen LogP contribution in [0.5, 0.6) is 0 Å². The van der Waals surface area contributed by atoms with E-state index in [4.69, 9.17) is 0 Å². The van der Waals surface area contributed by atoms with E-state index < -0.39 is 10.0 Å². The van der Waals surface area contributed by atoms with E-state index in [2.05, 4.69) is 5.32 Å². The average Bonchev–Trinajstić information content (AvgIpc) is 2.72. The molecule has 1 amide bonds. The van der Waals surface area contributed by atoms with E-state index in [0.29, 0.717) is 11.3 Å². The molecule has 0 aliphatic rings. The van der Waals surface area contributed by atoms with E-state index >= 15 is 0 Å². The van der Waals surface area contributed by atoms with Crippen LogP contribution in [0, 0.1) is 6.92 Å². The van der Waals surface area contributed by atoms with Crippen molar-refractivity contribution in [1.29, 1.82) is 0 Å². The summed E-state index contributed by atoms with van der Waals surface area (Å²) in [5.41, 5.74) is 3.67. The van der Waals surface area contributed by atoms with Gasteiger partial charge in [0.1, 0.15) is 0 Å². The summed E-state index contributed by atoms with van der Waals surface area (Å²) >= 11 is 1.57. The van der Waals surface area contributed by atoms with Gasteiger partial charge in [-0.25, -0.2) is 8.42 Å². The van der Waals surface area contributed by atoms with Gasteiger partial charge in [-0.15, -0.1) is 11.8 Å². The van der Waals surface area contributed by atoms with E-state index in [1.165, 1.54) is 10.6 Å². The summed E-state index contributed by atoms with van der Waals surface area (Å²) in [7, 11) is -3.46. The summed E-state index contributed by atoms with van der Waals surface area (Å²) in [6.45, 7) is 2.12. The van der Waals surface area contributed by atoms with Crippen LogP contribution in [0.4, 0.5) is 11.4 Å². The molecule has 0 atom stereocenters. The molecule has 5 nitrogen and oxygen atoms in total. The number of benzene rings is 3. The Kier molecular flexibility index (Phi) is 6.84. The van der Waals surface area contributed by atoms with E-state index in [1.807, 2.05) is 55.6 Å². The Bertz CT molecular complexity index is 1140. The first-order chi connectivity index (χ1) is 14.3. The minimum atomic E-state index is -3.46. The second-order valence-electron chi connectivity index (χ2n) is 6.96. The van der Waals surface area contributed by atoms with Crippen molar-refractivity contribution in [3.63, 3.8) is 0 Å². The highest BCUT2D eigenvalue weighted by Gasteiger charge is 2.18. The topological polar surface area (TPSA) is 66.5 Å². The SMILES string of the molecule is CSc1ccccc1NC(=O)c1ccc(CN(c2cccc(C)c2)S(C)(=O)=O)cc1. The highest BCUT2D eigenvalue weighted by atomic mass is 32.2.